The predicted octanol–water partition coefficient (Wildman–Crippen LogP) is 5.85. The number of hydrogen-bond donors (Lipinski definition) is 4. The first-order valence-corrected chi connectivity index (χ1v) is 11.5. The van der Waals surface area contributed by atoms with Crippen molar-refractivity contribution in [1.29, 1.82) is 0 Å². The third kappa shape index (κ3) is 5.88. The van der Waals surface area contributed by atoms with Crippen molar-refractivity contribution in [3.05, 3.63) is 83.7 Å². The van der Waals surface area contributed by atoms with E-state index in [-0.39, 0.29) is 17.2 Å². The molecule has 0 aliphatic heterocycles. The van der Waals surface area contributed by atoms with Gasteiger partial charge in [-0.05, 0) is 55.3 Å². The number of halogens is 3. The number of alkyl halides is 3. The fourth-order valence-corrected chi connectivity index (χ4v) is 3.75. The Hall–Kier alpha value is -4.41. The predicted molar refractivity (Wildman–Crippen MR) is 136 cm³/mol. The molecule has 1 atom stereocenters. The second-order valence-corrected chi connectivity index (χ2v) is 8.78. The summed E-state index contributed by atoms with van der Waals surface area (Å²) in [6.45, 7) is 5.69. The molecular weight excluding hydrogens is 483 g/mol. The van der Waals surface area contributed by atoms with Crippen molar-refractivity contribution in [2.24, 2.45) is 0 Å². The van der Waals surface area contributed by atoms with E-state index in [1.807, 2.05) is 13.8 Å². The Labute approximate surface area is 211 Å². The van der Waals surface area contributed by atoms with Crippen molar-refractivity contribution >= 4 is 23.0 Å². The molecule has 37 heavy (non-hydrogen) atoms. The maximum atomic E-state index is 14.1. The van der Waals surface area contributed by atoms with Gasteiger partial charge in [-0.15, -0.1) is 0 Å². The monoisotopic (exact) mass is 509 g/mol. The van der Waals surface area contributed by atoms with E-state index in [1.54, 1.807) is 31.2 Å². The summed E-state index contributed by atoms with van der Waals surface area (Å²) >= 11 is 0. The Morgan fingerprint density at radius 1 is 1.03 bits per heavy atom. The molecule has 1 unspecified atom stereocenters. The van der Waals surface area contributed by atoms with Crippen molar-refractivity contribution in [1.82, 2.24) is 19.9 Å². The van der Waals surface area contributed by atoms with Crippen molar-refractivity contribution in [2.75, 3.05) is 16.4 Å². The average Bonchev–Trinajstić information content (AvgIpc) is 3.26. The highest BCUT2D eigenvalue weighted by atomic mass is 19.4. The Morgan fingerprint density at radius 2 is 1.73 bits per heavy atom. The smallest absolute Gasteiger partial charge is 0.397 e. The van der Waals surface area contributed by atoms with Gasteiger partial charge < -0.3 is 21.4 Å². The van der Waals surface area contributed by atoms with Crippen molar-refractivity contribution in [3.8, 4) is 11.4 Å². The van der Waals surface area contributed by atoms with E-state index >= 15 is 0 Å². The van der Waals surface area contributed by atoms with Gasteiger partial charge in [0.25, 0.3) is 5.91 Å². The molecule has 0 aliphatic carbocycles. The molecule has 192 valence electrons. The zero-order chi connectivity index (χ0) is 26.7. The first kappa shape index (κ1) is 25.7. The Morgan fingerprint density at radius 3 is 2.38 bits per heavy atom. The maximum absolute atomic E-state index is 14.1. The van der Waals surface area contributed by atoms with Crippen LogP contribution in [0.25, 0.3) is 11.4 Å². The lowest BCUT2D eigenvalue weighted by Gasteiger charge is -2.22. The van der Waals surface area contributed by atoms with Crippen molar-refractivity contribution in [3.63, 3.8) is 0 Å². The number of H-pyrrole nitrogens is 1. The van der Waals surface area contributed by atoms with Crippen LogP contribution < -0.4 is 16.4 Å². The second-order valence-electron chi connectivity index (χ2n) is 8.78. The van der Waals surface area contributed by atoms with E-state index in [1.165, 1.54) is 36.5 Å². The van der Waals surface area contributed by atoms with Crippen molar-refractivity contribution in [2.45, 2.75) is 38.9 Å². The number of amides is 1. The number of nitrogens with zero attached hydrogens (tertiary/aromatic N) is 3. The molecule has 2 aromatic carbocycles. The Balaban J connectivity index is 1.57. The number of aromatic amines is 1. The zero-order valence-corrected chi connectivity index (χ0v) is 20.4. The molecule has 0 fully saturated rings. The van der Waals surface area contributed by atoms with Gasteiger partial charge in [0.05, 0.1) is 17.1 Å². The number of aryl methyl sites for hydroxylation is 1. The number of imidazole rings is 1. The quantitative estimate of drug-likeness (QED) is 0.232. The highest BCUT2D eigenvalue weighted by Gasteiger charge is 2.43. The van der Waals surface area contributed by atoms with Crippen LogP contribution in [0.2, 0.25) is 0 Å². The lowest BCUT2D eigenvalue weighted by molar-refractivity contribution is -0.145. The number of benzene rings is 2. The minimum atomic E-state index is -4.69. The van der Waals surface area contributed by atoms with Crippen LogP contribution in [0.1, 0.15) is 53.5 Å². The fourth-order valence-electron chi connectivity index (χ4n) is 3.75. The molecule has 0 radical (unpaired) electrons. The topological polar surface area (TPSA) is 122 Å². The second kappa shape index (κ2) is 10.3. The van der Waals surface area contributed by atoms with Gasteiger partial charge >= 0.3 is 6.18 Å². The van der Waals surface area contributed by atoms with E-state index in [4.69, 9.17) is 5.73 Å². The summed E-state index contributed by atoms with van der Waals surface area (Å²) in [5.41, 5.74) is 8.65. The van der Waals surface area contributed by atoms with E-state index in [0.29, 0.717) is 28.6 Å². The molecule has 1 amide bonds. The molecule has 4 aromatic rings. The van der Waals surface area contributed by atoms with Crippen LogP contribution in [-0.4, -0.2) is 32.0 Å². The SMILES string of the molecule is Cc1nc(-c2ccnc(C(Nc3ccc(C(=O)Nc4ccccc4N)cc3)C(F)(F)F)n2)c(C(C)C)[nH]1. The number of hydrogen-bond acceptors (Lipinski definition) is 6. The summed E-state index contributed by atoms with van der Waals surface area (Å²) in [6, 6.07) is 11.7. The van der Waals surface area contributed by atoms with Gasteiger partial charge in [-0.2, -0.15) is 13.2 Å². The third-order valence-corrected chi connectivity index (χ3v) is 5.60. The van der Waals surface area contributed by atoms with E-state index in [2.05, 4.69) is 30.6 Å². The molecule has 0 spiro atoms. The normalized spacial score (nSPS) is 12.4. The Bertz CT molecular complexity index is 1400. The average molecular weight is 510 g/mol. The fraction of sp³-hybridized carbons (Fsp3) is 0.231. The van der Waals surface area contributed by atoms with E-state index < -0.39 is 23.9 Å². The maximum Gasteiger partial charge on any atom is 0.415 e. The van der Waals surface area contributed by atoms with Gasteiger partial charge in [-0.25, -0.2) is 15.0 Å². The number of carbonyl (C=O) groups is 1. The molecule has 0 aliphatic rings. The molecule has 4 rings (SSSR count). The van der Waals surface area contributed by atoms with Crippen LogP contribution in [0.3, 0.4) is 0 Å². The lowest BCUT2D eigenvalue weighted by Crippen LogP contribution is -2.29. The molecule has 2 heterocycles. The molecule has 8 nitrogen and oxygen atoms in total. The molecule has 0 saturated carbocycles. The first-order chi connectivity index (χ1) is 17.5. The zero-order valence-electron chi connectivity index (χ0n) is 20.4. The van der Waals surface area contributed by atoms with Crippen LogP contribution >= 0.6 is 0 Å². The Kier molecular flexibility index (Phi) is 7.14. The van der Waals surface area contributed by atoms with Crippen LogP contribution in [0.15, 0.2) is 60.8 Å². The highest BCUT2D eigenvalue weighted by Crippen LogP contribution is 2.35. The van der Waals surface area contributed by atoms with Crippen LogP contribution in [0.5, 0.6) is 0 Å². The number of nitrogen functional groups attached to an aromatic ring is 1. The number of aromatic nitrogens is 4. The highest BCUT2D eigenvalue weighted by molar-refractivity contribution is 6.05. The summed E-state index contributed by atoms with van der Waals surface area (Å²) in [5, 5.41) is 5.13. The van der Waals surface area contributed by atoms with Gasteiger partial charge in [0.15, 0.2) is 11.9 Å². The van der Waals surface area contributed by atoms with Crippen LogP contribution in [-0.2, 0) is 0 Å². The third-order valence-electron chi connectivity index (χ3n) is 5.60. The molecule has 2 aromatic heterocycles. The van der Waals surface area contributed by atoms with Crippen LogP contribution in [0, 0.1) is 6.92 Å². The van der Waals surface area contributed by atoms with Crippen LogP contribution in [0.4, 0.5) is 30.2 Å². The summed E-state index contributed by atoms with van der Waals surface area (Å²) in [6.07, 6.45) is -3.41. The number of rotatable bonds is 7. The lowest BCUT2D eigenvalue weighted by atomic mass is 10.1. The molecule has 11 heteroatoms. The summed E-state index contributed by atoms with van der Waals surface area (Å²) < 4.78 is 42.3. The van der Waals surface area contributed by atoms with Gasteiger partial charge in [0, 0.05) is 23.1 Å². The number of anilines is 3. The van der Waals surface area contributed by atoms with E-state index in [0.717, 1.165) is 5.69 Å². The van der Waals surface area contributed by atoms with Gasteiger partial charge in [-0.3, -0.25) is 4.79 Å². The minimum Gasteiger partial charge on any atom is -0.397 e. The molecule has 0 bridgehead atoms. The van der Waals surface area contributed by atoms with Gasteiger partial charge in [0.2, 0.25) is 0 Å². The molecular formula is C26H26F3N7O. The number of nitrogens with two attached hydrogens (primary N) is 1. The van der Waals surface area contributed by atoms with Gasteiger partial charge in [-0.1, -0.05) is 26.0 Å². The minimum absolute atomic E-state index is 0.0696. The summed E-state index contributed by atoms with van der Waals surface area (Å²) in [4.78, 5) is 28.2. The van der Waals surface area contributed by atoms with Gasteiger partial charge in [0.1, 0.15) is 11.5 Å². The molecule has 0 saturated heterocycles. The number of para-hydroxylation sites is 2. The van der Waals surface area contributed by atoms with E-state index in [9.17, 15) is 18.0 Å². The first-order valence-electron chi connectivity index (χ1n) is 11.5. The standard InChI is InChI=1S/C26H26F3N7O/c1-14(2)21-22(33-15(3)32-21)20-12-13-31-24(35-20)23(26(27,28)29)34-17-10-8-16(9-11-17)25(37)36-19-7-5-4-6-18(19)30/h4-14,23,34H,30H2,1-3H3,(H,32,33)(H,36,37). The summed E-state index contributed by atoms with van der Waals surface area (Å²) in [7, 11) is 0. The number of nitrogens with one attached hydrogen (secondary N) is 3. The largest absolute Gasteiger partial charge is 0.415 e. The number of carbonyl (C=O) groups excluding carboxylic acids is 1. The molecule has 5 N–H and O–H groups in total. The van der Waals surface area contributed by atoms with Crippen molar-refractivity contribution < 1.29 is 18.0 Å². The summed E-state index contributed by atoms with van der Waals surface area (Å²) in [5.74, 6) is -0.173.